The number of hydrogen-bond donors (Lipinski definition) is 1. The number of thioether (sulfide) groups is 1. The molecule has 1 N–H and O–H groups in total. The molecule has 3 rings (SSSR count). The van der Waals surface area contributed by atoms with Gasteiger partial charge < -0.3 is 4.98 Å². The molecule has 0 aliphatic carbocycles. The van der Waals surface area contributed by atoms with Gasteiger partial charge in [-0.1, -0.05) is 23.9 Å². The van der Waals surface area contributed by atoms with Crippen LogP contribution in [0.2, 0.25) is 0 Å². The highest BCUT2D eigenvalue weighted by atomic mass is 32.2. The number of nitrogens with zero attached hydrogens (tertiary/aromatic N) is 4. The number of nitriles is 1. The van der Waals surface area contributed by atoms with E-state index in [0.29, 0.717) is 21.4 Å². The number of benzene rings is 1. The maximum Gasteiger partial charge on any atom is 0.368 e. The zero-order chi connectivity index (χ0) is 15.0. The maximum absolute atomic E-state index is 11.9. The molecular weight excluding hydrogens is 290 g/mol. The lowest BCUT2D eigenvalue weighted by Crippen LogP contribution is -2.25. The van der Waals surface area contributed by atoms with Crippen LogP contribution in [-0.4, -0.2) is 22.3 Å². The molecule has 0 radical (unpaired) electrons. The topological polar surface area (TPSA) is 111 Å². The average molecular weight is 297 g/mol. The number of rotatable bonds is 2. The van der Waals surface area contributed by atoms with E-state index < -0.39 is 11.6 Å². The van der Waals surface area contributed by atoms with Crippen LogP contribution in [-0.2, 0) is 0 Å². The molecule has 0 saturated carbocycles. The molecule has 1 aromatic carbocycles. The van der Waals surface area contributed by atoms with Gasteiger partial charge in [-0.15, -0.1) is 0 Å². The van der Waals surface area contributed by atoms with Gasteiger partial charge in [0.1, 0.15) is 17.0 Å². The number of aromatic amines is 1. The maximum atomic E-state index is 11.9. The largest absolute Gasteiger partial charge is 0.368 e. The van der Waals surface area contributed by atoms with E-state index in [1.54, 1.807) is 24.5 Å². The van der Waals surface area contributed by atoms with E-state index >= 15 is 0 Å². The van der Waals surface area contributed by atoms with Crippen molar-refractivity contribution >= 4 is 17.8 Å². The minimum absolute atomic E-state index is 0.115. The van der Waals surface area contributed by atoms with Crippen LogP contribution >= 0.6 is 11.8 Å². The predicted octanol–water partition coefficient (Wildman–Crippen LogP) is 0.403. The van der Waals surface area contributed by atoms with Gasteiger partial charge in [-0.05, 0) is 12.3 Å². The molecule has 0 unspecified atom stereocenters. The molecule has 8 heteroatoms. The standard InChI is InChI=1S/C13H7N5O2S/c1-21-13-17-9(7(5-14)11(19)18-13)6-3-2-4-8-10(6)16-12(20)15-8/h2-4H,1H3,(H,17,18,19). The van der Waals surface area contributed by atoms with Gasteiger partial charge in [0.25, 0.3) is 5.56 Å². The number of carbonyl (C=O) groups excluding carboxylic acids is 1. The number of hydrogen-bond acceptors (Lipinski definition) is 5. The average Bonchev–Trinajstić information content (AvgIpc) is 2.86. The van der Waals surface area contributed by atoms with Gasteiger partial charge in [-0.3, -0.25) is 4.79 Å². The van der Waals surface area contributed by atoms with E-state index in [-0.39, 0.29) is 11.3 Å². The van der Waals surface area contributed by atoms with Crippen LogP contribution in [0, 0.1) is 11.3 Å². The SMILES string of the molecule is CSc1nc(-c2cccc3c2=NC(=O)N=3)c(C#N)c(=O)[nH]1. The van der Waals surface area contributed by atoms with Crippen molar-refractivity contribution in [1.29, 1.82) is 5.26 Å². The van der Waals surface area contributed by atoms with E-state index in [1.165, 1.54) is 11.8 Å². The highest BCUT2D eigenvalue weighted by Crippen LogP contribution is 2.17. The fraction of sp³-hybridized carbons (Fsp3) is 0.0769. The summed E-state index contributed by atoms with van der Waals surface area (Å²) in [5.74, 6) is 0. The summed E-state index contributed by atoms with van der Waals surface area (Å²) in [6.07, 6.45) is 1.76. The predicted molar refractivity (Wildman–Crippen MR) is 74.5 cm³/mol. The molecule has 2 aromatic rings. The van der Waals surface area contributed by atoms with Crippen molar-refractivity contribution in [2.75, 3.05) is 6.26 Å². The van der Waals surface area contributed by atoms with Crippen molar-refractivity contribution in [3.05, 3.63) is 44.8 Å². The highest BCUT2D eigenvalue weighted by Gasteiger charge is 2.17. The van der Waals surface area contributed by atoms with Gasteiger partial charge in [0.05, 0.1) is 11.1 Å². The molecule has 0 saturated heterocycles. The van der Waals surface area contributed by atoms with E-state index in [0.717, 1.165) is 0 Å². The van der Waals surface area contributed by atoms with Crippen molar-refractivity contribution in [3.63, 3.8) is 0 Å². The highest BCUT2D eigenvalue weighted by molar-refractivity contribution is 7.98. The van der Waals surface area contributed by atoms with Crippen LogP contribution < -0.4 is 16.3 Å². The van der Waals surface area contributed by atoms with Gasteiger partial charge in [0, 0.05) is 5.56 Å². The number of aromatic nitrogens is 2. The molecule has 102 valence electrons. The first kappa shape index (κ1) is 13.2. The fourth-order valence-electron chi connectivity index (χ4n) is 2.00. The fourth-order valence-corrected chi connectivity index (χ4v) is 2.38. The number of nitrogens with one attached hydrogen (secondary N) is 1. The third-order valence-electron chi connectivity index (χ3n) is 2.90. The third-order valence-corrected chi connectivity index (χ3v) is 3.48. The molecule has 1 aromatic heterocycles. The Labute approximate surface area is 122 Å². The number of H-pyrrole nitrogens is 1. The van der Waals surface area contributed by atoms with Crippen LogP contribution in [0.25, 0.3) is 11.3 Å². The summed E-state index contributed by atoms with van der Waals surface area (Å²) in [6.45, 7) is 0. The Morgan fingerprint density at radius 1 is 1.29 bits per heavy atom. The third kappa shape index (κ3) is 2.13. The van der Waals surface area contributed by atoms with Gasteiger partial charge in [-0.25, -0.2) is 9.78 Å². The Morgan fingerprint density at radius 3 is 2.81 bits per heavy atom. The van der Waals surface area contributed by atoms with Gasteiger partial charge in [0.2, 0.25) is 0 Å². The number of fused-ring (bicyclic) bond motifs is 1. The molecule has 7 nitrogen and oxygen atoms in total. The number of urea groups is 1. The van der Waals surface area contributed by atoms with Crippen LogP contribution in [0.1, 0.15) is 5.56 Å². The minimum atomic E-state index is -0.606. The lowest BCUT2D eigenvalue weighted by atomic mass is 10.1. The first-order valence-corrected chi connectivity index (χ1v) is 7.05. The molecule has 21 heavy (non-hydrogen) atoms. The number of amides is 2. The first-order chi connectivity index (χ1) is 10.1. The second kappa shape index (κ2) is 4.96. The summed E-state index contributed by atoms with van der Waals surface area (Å²) in [4.78, 5) is 37.6. The molecular formula is C13H7N5O2S. The molecule has 0 bridgehead atoms. The summed E-state index contributed by atoms with van der Waals surface area (Å²) < 4.78 is 0. The molecule has 0 atom stereocenters. The smallest absolute Gasteiger partial charge is 0.300 e. The quantitative estimate of drug-likeness (QED) is 0.637. The van der Waals surface area contributed by atoms with Crippen molar-refractivity contribution in [1.82, 2.24) is 9.97 Å². The Bertz CT molecular complexity index is 987. The van der Waals surface area contributed by atoms with E-state index in [2.05, 4.69) is 20.0 Å². The lowest BCUT2D eigenvalue weighted by Gasteiger charge is -2.04. The Morgan fingerprint density at radius 2 is 2.10 bits per heavy atom. The molecule has 0 spiro atoms. The zero-order valence-electron chi connectivity index (χ0n) is 10.7. The van der Waals surface area contributed by atoms with Crippen molar-refractivity contribution < 1.29 is 4.79 Å². The van der Waals surface area contributed by atoms with E-state index in [9.17, 15) is 14.9 Å². The molecule has 0 fully saturated rings. The monoisotopic (exact) mass is 297 g/mol. The summed E-state index contributed by atoms with van der Waals surface area (Å²) in [5.41, 5.74) is 0.0117. The number of para-hydroxylation sites is 1. The molecule has 1 aliphatic heterocycles. The first-order valence-electron chi connectivity index (χ1n) is 5.83. The van der Waals surface area contributed by atoms with E-state index in [4.69, 9.17) is 0 Å². The van der Waals surface area contributed by atoms with E-state index in [1.807, 2.05) is 6.07 Å². The summed E-state index contributed by atoms with van der Waals surface area (Å²) in [6, 6.07) is 6.21. The van der Waals surface area contributed by atoms with Crippen molar-refractivity contribution in [2.24, 2.45) is 9.98 Å². The van der Waals surface area contributed by atoms with Crippen LogP contribution in [0.3, 0.4) is 0 Å². The zero-order valence-corrected chi connectivity index (χ0v) is 11.6. The molecule has 2 heterocycles. The Kier molecular flexibility index (Phi) is 3.12. The van der Waals surface area contributed by atoms with Crippen molar-refractivity contribution in [3.8, 4) is 17.3 Å². The normalized spacial score (nSPS) is 12.3. The van der Waals surface area contributed by atoms with Crippen molar-refractivity contribution in [2.45, 2.75) is 5.16 Å². The summed E-state index contributed by atoms with van der Waals surface area (Å²) in [5, 5.41) is 10.3. The Hall–Kier alpha value is -2.79. The summed E-state index contributed by atoms with van der Waals surface area (Å²) >= 11 is 1.25. The number of carbonyl (C=O) groups is 1. The van der Waals surface area contributed by atoms with Gasteiger partial charge >= 0.3 is 6.03 Å². The van der Waals surface area contributed by atoms with Gasteiger partial charge in [0.15, 0.2) is 5.16 Å². The van der Waals surface area contributed by atoms with Gasteiger partial charge in [-0.2, -0.15) is 15.2 Å². The molecule has 1 aliphatic rings. The van der Waals surface area contributed by atoms with Crippen LogP contribution in [0.15, 0.2) is 38.1 Å². The van der Waals surface area contributed by atoms with Crippen LogP contribution in [0.5, 0.6) is 0 Å². The van der Waals surface area contributed by atoms with Crippen LogP contribution in [0.4, 0.5) is 4.79 Å². The Balaban J connectivity index is 2.42. The second-order valence-corrected chi connectivity index (χ2v) is 4.89. The summed E-state index contributed by atoms with van der Waals surface area (Å²) in [7, 11) is 0. The second-order valence-electron chi connectivity index (χ2n) is 4.09. The molecule has 2 amide bonds. The minimum Gasteiger partial charge on any atom is -0.300 e. The lowest BCUT2D eigenvalue weighted by molar-refractivity contribution is 0.256.